The molecule has 22 heavy (non-hydrogen) atoms. The van der Waals surface area contributed by atoms with Crippen molar-refractivity contribution in [1.82, 2.24) is 15.1 Å². The van der Waals surface area contributed by atoms with Gasteiger partial charge < -0.3 is 16.0 Å². The van der Waals surface area contributed by atoms with Crippen LogP contribution in [-0.4, -0.2) is 67.6 Å². The highest BCUT2D eigenvalue weighted by atomic mass is 127. The first-order chi connectivity index (χ1) is 10.2. The van der Waals surface area contributed by atoms with Crippen molar-refractivity contribution in [3.63, 3.8) is 0 Å². The van der Waals surface area contributed by atoms with Crippen molar-refractivity contribution in [2.24, 2.45) is 10.7 Å². The molecule has 1 heterocycles. The van der Waals surface area contributed by atoms with Gasteiger partial charge in [0.2, 0.25) is 0 Å². The van der Waals surface area contributed by atoms with E-state index in [1.165, 1.54) is 38.8 Å². The molecule has 0 spiro atoms. The number of unbranched alkanes of at least 4 members (excludes halogenated alkanes) is 3. The van der Waals surface area contributed by atoms with Crippen LogP contribution in [0.5, 0.6) is 0 Å². The Morgan fingerprint density at radius 3 is 2.41 bits per heavy atom. The highest BCUT2D eigenvalue weighted by Gasteiger charge is 2.19. The van der Waals surface area contributed by atoms with Crippen LogP contribution in [0.4, 0.5) is 0 Å². The summed E-state index contributed by atoms with van der Waals surface area (Å²) in [5.74, 6) is 0.602. The van der Waals surface area contributed by atoms with Gasteiger partial charge in [0.05, 0.1) is 6.54 Å². The Hall–Kier alpha value is -0.0800. The van der Waals surface area contributed by atoms with Crippen LogP contribution in [0.1, 0.15) is 46.5 Å². The summed E-state index contributed by atoms with van der Waals surface area (Å²) in [4.78, 5) is 9.50. The summed E-state index contributed by atoms with van der Waals surface area (Å²) < 4.78 is 0. The first-order valence-corrected chi connectivity index (χ1v) is 8.67. The third-order valence-corrected chi connectivity index (χ3v) is 4.34. The number of nitrogens with one attached hydrogen (secondary N) is 1. The van der Waals surface area contributed by atoms with Gasteiger partial charge in [-0.3, -0.25) is 9.89 Å². The number of likely N-dealkylation sites (N-methyl/N-ethyl adjacent to an activating group) is 1. The van der Waals surface area contributed by atoms with Gasteiger partial charge in [-0.15, -0.1) is 24.0 Å². The monoisotopic (exact) mass is 425 g/mol. The fraction of sp³-hybridized carbons (Fsp3) is 0.938. The van der Waals surface area contributed by atoms with Crippen molar-refractivity contribution in [3.05, 3.63) is 0 Å². The molecule has 0 aromatic heterocycles. The minimum atomic E-state index is 0. The van der Waals surface area contributed by atoms with Crippen molar-refractivity contribution in [1.29, 1.82) is 0 Å². The summed E-state index contributed by atoms with van der Waals surface area (Å²) in [6, 6.07) is 0.476. The number of nitrogens with zero attached hydrogens (tertiary/aromatic N) is 3. The summed E-state index contributed by atoms with van der Waals surface area (Å²) >= 11 is 0. The van der Waals surface area contributed by atoms with E-state index in [1.54, 1.807) is 0 Å². The molecule has 6 heteroatoms. The fourth-order valence-electron chi connectivity index (χ4n) is 2.69. The lowest BCUT2D eigenvalue weighted by molar-refractivity contribution is 0.109. The average Bonchev–Trinajstić information content (AvgIpc) is 2.52. The van der Waals surface area contributed by atoms with Crippen LogP contribution in [0.2, 0.25) is 0 Å². The minimum absolute atomic E-state index is 0. The Balaban J connectivity index is 0.00000441. The quantitative estimate of drug-likeness (QED) is 0.257. The second kappa shape index (κ2) is 13.4. The van der Waals surface area contributed by atoms with Gasteiger partial charge in [0, 0.05) is 38.8 Å². The Morgan fingerprint density at radius 1 is 1.14 bits per heavy atom. The molecule has 1 aliphatic rings. The molecule has 1 atom stereocenters. The lowest BCUT2D eigenvalue weighted by Gasteiger charge is -2.37. The van der Waals surface area contributed by atoms with E-state index in [9.17, 15) is 0 Å². The lowest BCUT2D eigenvalue weighted by Crippen LogP contribution is -2.50. The van der Waals surface area contributed by atoms with E-state index in [4.69, 9.17) is 5.73 Å². The van der Waals surface area contributed by atoms with Crippen LogP contribution in [0.3, 0.4) is 0 Å². The second-order valence-electron chi connectivity index (χ2n) is 6.03. The predicted octanol–water partition coefficient (Wildman–Crippen LogP) is 2.12. The molecule has 0 radical (unpaired) electrons. The van der Waals surface area contributed by atoms with Crippen LogP contribution >= 0.6 is 24.0 Å². The van der Waals surface area contributed by atoms with E-state index < -0.39 is 0 Å². The molecule has 1 unspecified atom stereocenters. The number of hydrogen-bond acceptors (Lipinski definition) is 3. The second-order valence-corrected chi connectivity index (χ2v) is 6.03. The Labute approximate surface area is 154 Å². The van der Waals surface area contributed by atoms with Gasteiger partial charge in [0.1, 0.15) is 0 Å². The van der Waals surface area contributed by atoms with Crippen molar-refractivity contribution in [2.75, 3.05) is 45.8 Å². The first-order valence-electron chi connectivity index (χ1n) is 8.67. The highest BCUT2D eigenvalue weighted by molar-refractivity contribution is 14.0. The summed E-state index contributed by atoms with van der Waals surface area (Å²) in [5, 5.41) is 3.22. The van der Waals surface area contributed by atoms with Crippen molar-refractivity contribution < 1.29 is 0 Å². The molecule has 1 rings (SSSR count). The van der Waals surface area contributed by atoms with Gasteiger partial charge in [0.25, 0.3) is 0 Å². The maximum absolute atomic E-state index is 5.92. The molecule has 0 aromatic carbocycles. The SMILES string of the molecule is CCCCCCNC(N)=NCC(C)N1CCN(CC)CC1.I. The van der Waals surface area contributed by atoms with E-state index in [1.807, 2.05) is 0 Å². The van der Waals surface area contributed by atoms with E-state index >= 15 is 0 Å². The summed E-state index contributed by atoms with van der Waals surface area (Å²) in [7, 11) is 0. The van der Waals surface area contributed by atoms with Crippen LogP contribution in [0.15, 0.2) is 4.99 Å². The molecular weight excluding hydrogens is 389 g/mol. The predicted molar refractivity (Wildman–Crippen MR) is 107 cm³/mol. The number of hydrogen-bond donors (Lipinski definition) is 2. The van der Waals surface area contributed by atoms with Crippen LogP contribution < -0.4 is 11.1 Å². The van der Waals surface area contributed by atoms with Crippen LogP contribution in [0.25, 0.3) is 0 Å². The Kier molecular flexibility index (Phi) is 13.3. The molecule has 0 bridgehead atoms. The van der Waals surface area contributed by atoms with Gasteiger partial charge in [-0.05, 0) is 19.9 Å². The number of halogens is 1. The maximum atomic E-state index is 5.92. The molecule has 3 N–H and O–H groups in total. The number of nitrogens with two attached hydrogens (primary N) is 1. The van der Waals surface area contributed by atoms with Crippen molar-refractivity contribution >= 4 is 29.9 Å². The molecule has 1 aliphatic heterocycles. The zero-order valence-corrected chi connectivity index (χ0v) is 17.0. The van der Waals surface area contributed by atoms with Crippen molar-refractivity contribution in [2.45, 2.75) is 52.5 Å². The molecule has 5 nitrogen and oxygen atoms in total. The number of aliphatic imine (C=N–C) groups is 1. The smallest absolute Gasteiger partial charge is 0.188 e. The first kappa shape index (κ1) is 21.9. The van der Waals surface area contributed by atoms with Gasteiger partial charge >= 0.3 is 0 Å². The van der Waals surface area contributed by atoms with Crippen molar-refractivity contribution in [3.8, 4) is 0 Å². The normalized spacial score (nSPS) is 18.8. The third-order valence-electron chi connectivity index (χ3n) is 4.34. The van der Waals surface area contributed by atoms with E-state index in [-0.39, 0.29) is 24.0 Å². The zero-order chi connectivity index (χ0) is 15.5. The van der Waals surface area contributed by atoms with Gasteiger partial charge in [-0.25, -0.2) is 0 Å². The van der Waals surface area contributed by atoms with E-state index in [0.717, 1.165) is 32.7 Å². The maximum Gasteiger partial charge on any atom is 0.188 e. The molecule has 1 fully saturated rings. The summed E-state index contributed by atoms with van der Waals surface area (Å²) in [6.45, 7) is 14.3. The standard InChI is InChI=1S/C16H35N5.HI/c1-4-6-7-8-9-18-16(17)19-14-15(3)21-12-10-20(5-2)11-13-21;/h15H,4-14H2,1-3H3,(H3,17,18,19);1H. The summed E-state index contributed by atoms with van der Waals surface area (Å²) in [5.41, 5.74) is 5.92. The third kappa shape index (κ3) is 9.15. The zero-order valence-electron chi connectivity index (χ0n) is 14.7. The molecule has 0 aromatic rings. The average molecular weight is 425 g/mol. The molecule has 132 valence electrons. The lowest BCUT2D eigenvalue weighted by atomic mass is 10.2. The minimum Gasteiger partial charge on any atom is -0.370 e. The molecule has 0 aliphatic carbocycles. The van der Waals surface area contributed by atoms with Gasteiger partial charge in [-0.1, -0.05) is 33.1 Å². The fourth-order valence-corrected chi connectivity index (χ4v) is 2.69. The number of piperazine rings is 1. The largest absolute Gasteiger partial charge is 0.370 e. The van der Waals surface area contributed by atoms with E-state index in [0.29, 0.717) is 12.0 Å². The molecule has 0 amide bonds. The molecule has 1 saturated heterocycles. The Bertz CT molecular complexity index is 290. The Morgan fingerprint density at radius 2 is 1.82 bits per heavy atom. The van der Waals surface area contributed by atoms with E-state index in [2.05, 4.69) is 40.9 Å². The summed E-state index contributed by atoms with van der Waals surface area (Å²) in [6.07, 6.45) is 5.03. The van der Waals surface area contributed by atoms with Gasteiger partial charge in [-0.2, -0.15) is 0 Å². The highest BCUT2D eigenvalue weighted by Crippen LogP contribution is 2.06. The number of rotatable bonds is 9. The topological polar surface area (TPSA) is 56.9 Å². The van der Waals surface area contributed by atoms with Gasteiger partial charge in [0.15, 0.2) is 5.96 Å². The van der Waals surface area contributed by atoms with Crippen LogP contribution in [0, 0.1) is 0 Å². The van der Waals surface area contributed by atoms with Crippen LogP contribution in [-0.2, 0) is 0 Å². The number of guanidine groups is 1. The molecular formula is C16H36IN5. The molecule has 0 saturated carbocycles.